The maximum atomic E-state index is 13.1. The lowest BCUT2D eigenvalue weighted by Crippen LogP contribution is -2.26. The molecule has 1 heterocycles. The highest BCUT2D eigenvalue weighted by Gasteiger charge is 2.20. The summed E-state index contributed by atoms with van der Waals surface area (Å²) in [5, 5.41) is 0. The fraction of sp³-hybridized carbons (Fsp3) is 0.0833. The van der Waals surface area contributed by atoms with E-state index in [0.717, 1.165) is 11.1 Å². The van der Waals surface area contributed by atoms with Crippen molar-refractivity contribution in [1.82, 2.24) is 9.55 Å². The minimum atomic E-state index is -3.96. The molecule has 7 heteroatoms. The molecule has 4 aromatic rings. The van der Waals surface area contributed by atoms with Gasteiger partial charge < -0.3 is 0 Å². The predicted octanol–water partition coefficient (Wildman–Crippen LogP) is 4.32. The van der Waals surface area contributed by atoms with Gasteiger partial charge in [0.15, 0.2) is 0 Å². The van der Waals surface area contributed by atoms with Crippen LogP contribution in [-0.2, 0) is 10.0 Å². The molecule has 0 bridgehead atoms. The van der Waals surface area contributed by atoms with Crippen LogP contribution >= 0.6 is 0 Å². The van der Waals surface area contributed by atoms with Gasteiger partial charge in [-0.1, -0.05) is 65.7 Å². The summed E-state index contributed by atoms with van der Waals surface area (Å²) in [6.07, 6.45) is 0. The van der Waals surface area contributed by atoms with Crippen molar-refractivity contribution in [3.63, 3.8) is 0 Å². The first-order chi connectivity index (χ1) is 14.8. The summed E-state index contributed by atoms with van der Waals surface area (Å²) < 4.78 is 29.9. The van der Waals surface area contributed by atoms with Gasteiger partial charge in [0.05, 0.1) is 16.3 Å². The molecular formula is C24H21N3O3S. The van der Waals surface area contributed by atoms with Gasteiger partial charge in [0.2, 0.25) is 5.95 Å². The normalized spacial score (nSPS) is 11.3. The number of aryl methyl sites for hydroxylation is 2. The summed E-state index contributed by atoms with van der Waals surface area (Å²) in [5.74, 6) is -0.0734. The molecule has 6 nitrogen and oxygen atoms in total. The average molecular weight is 432 g/mol. The Morgan fingerprint density at radius 3 is 2.00 bits per heavy atom. The highest BCUT2D eigenvalue weighted by Crippen LogP contribution is 2.22. The van der Waals surface area contributed by atoms with E-state index in [1.54, 1.807) is 24.3 Å². The van der Waals surface area contributed by atoms with E-state index in [2.05, 4.69) is 9.71 Å². The minimum absolute atomic E-state index is 0.0734. The van der Waals surface area contributed by atoms with Crippen LogP contribution in [0.25, 0.3) is 16.9 Å². The molecule has 0 spiro atoms. The van der Waals surface area contributed by atoms with Crippen molar-refractivity contribution in [1.29, 1.82) is 0 Å². The third-order valence-corrected chi connectivity index (χ3v) is 6.18. The highest BCUT2D eigenvalue weighted by atomic mass is 32.2. The molecule has 4 rings (SSSR count). The number of nitrogens with zero attached hydrogens (tertiary/aromatic N) is 2. The van der Waals surface area contributed by atoms with Gasteiger partial charge >= 0.3 is 0 Å². The molecule has 0 amide bonds. The molecule has 0 saturated carbocycles. The second-order valence-corrected chi connectivity index (χ2v) is 8.94. The van der Waals surface area contributed by atoms with Crippen molar-refractivity contribution in [3.8, 4) is 16.9 Å². The second kappa shape index (κ2) is 8.20. The van der Waals surface area contributed by atoms with Crippen LogP contribution < -0.4 is 10.3 Å². The SMILES string of the molecule is Cc1ccc(-n2c(NS(=O)(=O)c3ccc(C)cc3)nc(-c3ccccc3)cc2=O)cc1. The average Bonchev–Trinajstić information content (AvgIpc) is 2.75. The number of nitrogens with one attached hydrogen (secondary N) is 1. The van der Waals surface area contributed by atoms with Gasteiger partial charge in [-0.2, -0.15) is 0 Å². The summed E-state index contributed by atoms with van der Waals surface area (Å²) in [6, 6.07) is 24.2. The summed E-state index contributed by atoms with van der Waals surface area (Å²) in [5.41, 5.74) is 3.19. The second-order valence-electron chi connectivity index (χ2n) is 7.26. The van der Waals surface area contributed by atoms with E-state index < -0.39 is 10.0 Å². The zero-order valence-electron chi connectivity index (χ0n) is 17.1. The van der Waals surface area contributed by atoms with Crippen LogP contribution in [0.4, 0.5) is 5.95 Å². The van der Waals surface area contributed by atoms with E-state index in [1.165, 1.54) is 22.8 Å². The van der Waals surface area contributed by atoms with Crippen molar-refractivity contribution in [2.75, 3.05) is 4.72 Å². The molecule has 0 aliphatic carbocycles. The Bertz CT molecular complexity index is 1380. The zero-order valence-corrected chi connectivity index (χ0v) is 17.9. The molecule has 0 radical (unpaired) electrons. The third-order valence-electron chi connectivity index (χ3n) is 4.84. The Morgan fingerprint density at radius 1 is 0.806 bits per heavy atom. The van der Waals surface area contributed by atoms with Crippen LogP contribution in [0.15, 0.2) is 94.6 Å². The van der Waals surface area contributed by atoms with Crippen molar-refractivity contribution in [2.24, 2.45) is 0 Å². The lowest BCUT2D eigenvalue weighted by Gasteiger charge is -2.15. The van der Waals surface area contributed by atoms with E-state index in [1.807, 2.05) is 56.3 Å². The molecule has 156 valence electrons. The van der Waals surface area contributed by atoms with Gasteiger partial charge in [0.1, 0.15) is 0 Å². The summed E-state index contributed by atoms with van der Waals surface area (Å²) in [6.45, 7) is 3.81. The van der Waals surface area contributed by atoms with E-state index in [0.29, 0.717) is 16.9 Å². The van der Waals surface area contributed by atoms with Crippen LogP contribution in [-0.4, -0.2) is 18.0 Å². The zero-order chi connectivity index (χ0) is 22.0. The molecule has 1 N–H and O–H groups in total. The molecule has 0 aliphatic heterocycles. The topological polar surface area (TPSA) is 81.1 Å². The lowest BCUT2D eigenvalue weighted by atomic mass is 10.1. The molecule has 31 heavy (non-hydrogen) atoms. The molecule has 0 saturated heterocycles. The highest BCUT2D eigenvalue weighted by molar-refractivity contribution is 7.92. The molecule has 0 atom stereocenters. The van der Waals surface area contributed by atoms with Crippen LogP contribution in [0.1, 0.15) is 11.1 Å². The molecule has 1 aromatic heterocycles. The number of benzene rings is 3. The predicted molar refractivity (Wildman–Crippen MR) is 122 cm³/mol. The van der Waals surface area contributed by atoms with Crippen LogP contribution in [0.3, 0.4) is 0 Å². The Hall–Kier alpha value is -3.71. The smallest absolute Gasteiger partial charge is 0.264 e. The minimum Gasteiger partial charge on any atom is -0.269 e. The molecule has 0 unspecified atom stereocenters. The van der Waals surface area contributed by atoms with E-state index in [4.69, 9.17) is 0 Å². The Labute approximate surface area is 180 Å². The van der Waals surface area contributed by atoms with Gasteiger partial charge in [0.25, 0.3) is 15.6 Å². The monoisotopic (exact) mass is 431 g/mol. The Morgan fingerprint density at radius 2 is 1.39 bits per heavy atom. The van der Waals surface area contributed by atoms with Crippen LogP contribution in [0.5, 0.6) is 0 Å². The van der Waals surface area contributed by atoms with E-state index in [-0.39, 0.29) is 16.4 Å². The quantitative estimate of drug-likeness (QED) is 0.510. The van der Waals surface area contributed by atoms with Crippen LogP contribution in [0.2, 0.25) is 0 Å². The standard InChI is InChI=1S/C24H21N3O3S/c1-17-8-12-20(13-9-17)27-23(28)16-22(19-6-4-3-5-7-19)25-24(27)26-31(29,30)21-14-10-18(2)11-15-21/h3-16H,1-2H3,(H,25,26). The number of rotatable bonds is 5. The number of anilines is 1. The van der Waals surface area contributed by atoms with Gasteiger partial charge in [0, 0.05) is 11.6 Å². The number of hydrogen-bond acceptors (Lipinski definition) is 4. The van der Waals surface area contributed by atoms with Gasteiger partial charge in [-0.05, 0) is 38.1 Å². The van der Waals surface area contributed by atoms with Crippen molar-refractivity contribution < 1.29 is 8.42 Å². The molecule has 0 fully saturated rings. The van der Waals surface area contributed by atoms with Crippen LogP contribution in [0, 0.1) is 13.8 Å². The summed E-state index contributed by atoms with van der Waals surface area (Å²) >= 11 is 0. The molecule has 3 aromatic carbocycles. The van der Waals surface area contributed by atoms with Crippen molar-refractivity contribution >= 4 is 16.0 Å². The largest absolute Gasteiger partial charge is 0.269 e. The lowest BCUT2D eigenvalue weighted by molar-refractivity contribution is 0.600. The van der Waals surface area contributed by atoms with Gasteiger partial charge in [-0.3, -0.25) is 4.79 Å². The maximum Gasteiger partial charge on any atom is 0.264 e. The first kappa shape index (κ1) is 20.6. The van der Waals surface area contributed by atoms with Crippen molar-refractivity contribution in [3.05, 3.63) is 106 Å². The maximum absolute atomic E-state index is 13.1. The summed E-state index contributed by atoms with van der Waals surface area (Å²) in [4.78, 5) is 17.7. The van der Waals surface area contributed by atoms with Crippen molar-refractivity contribution in [2.45, 2.75) is 18.7 Å². The van der Waals surface area contributed by atoms with Gasteiger partial charge in [-0.25, -0.2) is 22.7 Å². The molecular weight excluding hydrogens is 410 g/mol. The summed E-state index contributed by atoms with van der Waals surface area (Å²) in [7, 11) is -3.96. The van der Waals surface area contributed by atoms with E-state index in [9.17, 15) is 13.2 Å². The number of sulfonamides is 1. The third kappa shape index (κ3) is 4.41. The first-order valence-electron chi connectivity index (χ1n) is 9.69. The number of hydrogen-bond donors (Lipinski definition) is 1. The first-order valence-corrected chi connectivity index (χ1v) is 11.2. The molecule has 0 aliphatic rings. The number of aromatic nitrogens is 2. The van der Waals surface area contributed by atoms with E-state index >= 15 is 0 Å². The fourth-order valence-electron chi connectivity index (χ4n) is 3.15. The Kier molecular flexibility index (Phi) is 5.44. The van der Waals surface area contributed by atoms with Gasteiger partial charge in [-0.15, -0.1) is 0 Å². The fourth-order valence-corrected chi connectivity index (χ4v) is 4.14. The Balaban J connectivity index is 1.88.